The van der Waals surface area contributed by atoms with Gasteiger partial charge in [0.1, 0.15) is 5.75 Å². The number of hydrogen-bond donors (Lipinski definition) is 1. The highest BCUT2D eigenvalue weighted by Gasteiger charge is 2.16. The number of nitrogens with zero attached hydrogens (tertiary/aromatic N) is 2. The first kappa shape index (κ1) is 20.2. The molecule has 0 radical (unpaired) electrons. The largest absolute Gasteiger partial charge is 0.497 e. The average Bonchev–Trinajstić information content (AvgIpc) is 2.74. The van der Waals surface area contributed by atoms with Crippen molar-refractivity contribution in [3.8, 4) is 5.75 Å². The van der Waals surface area contributed by atoms with Gasteiger partial charge in [0, 0.05) is 30.5 Å². The number of nitrogens with one attached hydrogen (secondary N) is 1. The third-order valence-corrected chi connectivity index (χ3v) is 5.18. The first-order chi connectivity index (χ1) is 13.6. The van der Waals surface area contributed by atoms with Crippen molar-refractivity contribution in [1.29, 1.82) is 0 Å². The molecule has 3 rings (SSSR count). The Balaban J connectivity index is 1.52. The number of amides is 1. The van der Waals surface area contributed by atoms with Crippen molar-refractivity contribution in [1.82, 2.24) is 4.90 Å². The Hall–Kier alpha value is -2.57. The smallest absolute Gasteiger partial charge is 0.238 e. The third kappa shape index (κ3) is 5.24. The Morgan fingerprint density at radius 3 is 2.39 bits per heavy atom. The number of rotatable bonds is 7. The highest BCUT2D eigenvalue weighted by atomic mass is 16.5. The van der Waals surface area contributed by atoms with Gasteiger partial charge in [0.15, 0.2) is 0 Å². The van der Waals surface area contributed by atoms with Crippen LogP contribution in [0, 0.1) is 0 Å². The molecule has 6 heteroatoms. The van der Waals surface area contributed by atoms with E-state index in [1.54, 1.807) is 7.11 Å². The molecule has 0 bridgehead atoms. The lowest BCUT2D eigenvalue weighted by atomic mass is 10.1. The van der Waals surface area contributed by atoms with Crippen molar-refractivity contribution in [2.45, 2.75) is 13.0 Å². The van der Waals surface area contributed by atoms with Gasteiger partial charge < -0.3 is 19.7 Å². The molecule has 1 atom stereocenters. The maximum absolute atomic E-state index is 12.4. The van der Waals surface area contributed by atoms with E-state index in [-0.39, 0.29) is 11.9 Å². The zero-order valence-electron chi connectivity index (χ0n) is 16.9. The lowest BCUT2D eigenvalue weighted by Gasteiger charge is -2.29. The van der Waals surface area contributed by atoms with Crippen LogP contribution in [0.15, 0.2) is 48.5 Å². The van der Waals surface area contributed by atoms with E-state index in [1.807, 2.05) is 60.5 Å². The quantitative estimate of drug-likeness (QED) is 0.796. The van der Waals surface area contributed by atoms with E-state index < -0.39 is 0 Å². The highest BCUT2D eigenvalue weighted by Crippen LogP contribution is 2.22. The summed E-state index contributed by atoms with van der Waals surface area (Å²) >= 11 is 0. The van der Waals surface area contributed by atoms with Crippen LogP contribution in [0.4, 0.5) is 11.4 Å². The minimum Gasteiger partial charge on any atom is -0.497 e. The van der Waals surface area contributed by atoms with Gasteiger partial charge in [0.05, 0.1) is 26.9 Å². The van der Waals surface area contributed by atoms with E-state index in [1.165, 1.54) is 0 Å². The SMILES string of the molecule is COc1ccc(C(C)N(C)CC(=O)Nc2ccc(N3CCOCC3)cc2)cc1. The van der Waals surface area contributed by atoms with Crippen molar-refractivity contribution in [3.05, 3.63) is 54.1 Å². The van der Waals surface area contributed by atoms with Crippen molar-refractivity contribution < 1.29 is 14.3 Å². The second kappa shape index (κ2) is 9.57. The zero-order valence-corrected chi connectivity index (χ0v) is 16.9. The molecule has 1 saturated heterocycles. The van der Waals surface area contributed by atoms with Gasteiger partial charge >= 0.3 is 0 Å². The molecule has 1 fully saturated rings. The number of carbonyl (C=O) groups is 1. The van der Waals surface area contributed by atoms with Gasteiger partial charge in [-0.3, -0.25) is 9.69 Å². The van der Waals surface area contributed by atoms with Gasteiger partial charge in [-0.05, 0) is 55.9 Å². The van der Waals surface area contributed by atoms with Crippen LogP contribution in [-0.4, -0.2) is 57.8 Å². The van der Waals surface area contributed by atoms with E-state index >= 15 is 0 Å². The second-order valence-corrected chi connectivity index (χ2v) is 7.06. The molecule has 0 spiro atoms. The van der Waals surface area contributed by atoms with Crippen molar-refractivity contribution in [2.24, 2.45) is 0 Å². The van der Waals surface area contributed by atoms with Gasteiger partial charge in [-0.15, -0.1) is 0 Å². The molecule has 1 aliphatic heterocycles. The Morgan fingerprint density at radius 2 is 1.79 bits per heavy atom. The maximum atomic E-state index is 12.4. The van der Waals surface area contributed by atoms with Gasteiger partial charge in [-0.25, -0.2) is 0 Å². The van der Waals surface area contributed by atoms with E-state index in [0.717, 1.165) is 49.0 Å². The molecule has 1 unspecified atom stereocenters. The lowest BCUT2D eigenvalue weighted by Crippen LogP contribution is -2.36. The highest BCUT2D eigenvalue weighted by molar-refractivity contribution is 5.92. The van der Waals surface area contributed by atoms with E-state index in [0.29, 0.717) is 6.54 Å². The Kier molecular flexibility index (Phi) is 6.90. The Morgan fingerprint density at radius 1 is 1.14 bits per heavy atom. The van der Waals surface area contributed by atoms with Gasteiger partial charge in [0.2, 0.25) is 5.91 Å². The fourth-order valence-corrected chi connectivity index (χ4v) is 3.28. The van der Waals surface area contributed by atoms with Crippen LogP contribution in [0.25, 0.3) is 0 Å². The first-order valence-corrected chi connectivity index (χ1v) is 9.63. The average molecular weight is 383 g/mol. The van der Waals surface area contributed by atoms with E-state index in [2.05, 4.69) is 17.1 Å². The summed E-state index contributed by atoms with van der Waals surface area (Å²) in [5.41, 5.74) is 3.12. The number of methoxy groups -OCH3 is 1. The molecule has 1 aliphatic rings. The van der Waals surface area contributed by atoms with Crippen molar-refractivity contribution >= 4 is 17.3 Å². The van der Waals surface area contributed by atoms with Crippen LogP contribution in [0.1, 0.15) is 18.5 Å². The molecular formula is C22H29N3O3. The molecule has 0 aliphatic carbocycles. The van der Waals surface area contributed by atoms with Crippen LogP contribution in [0.5, 0.6) is 5.75 Å². The molecule has 2 aromatic rings. The number of likely N-dealkylation sites (N-methyl/N-ethyl adjacent to an activating group) is 1. The third-order valence-electron chi connectivity index (χ3n) is 5.18. The first-order valence-electron chi connectivity index (χ1n) is 9.63. The number of carbonyl (C=O) groups excluding carboxylic acids is 1. The second-order valence-electron chi connectivity index (χ2n) is 7.06. The van der Waals surface area contributed by atoms with Gasteiger partial charge in [-0.1, -0.05) is 12.1 Å². The monoisotopic (exact) mass is 383 g/mol. The number of hydrogen-bond acceptors (Lipinski definition) is 5. The standard InChI is InChI=1S/C22H29N3O3/c1-17(18-4-10-21(27-3)11-5-18)24(2)16-22(26)23-19-6-8-20(9-7-19)25-12-14-28-15-13-25/h4-11,17H,12-16H2,1-3H3,(H,23,26). The molecule has 6 nitrogen and oxygen atoms in total. The maximum Gasteiger partial charge on any atom is 0.238 e. The molecule has 1 N–H and O–H groups in total. The summed E-state index contributed by atoms with van der Waals surface area (Å²) < 4.78 is 10.6. The van der Waals surface area contributed by atoms with Crippen molar-refractivity contribution in [3.63, 3.8) is 0 Å². The molecule has 0 aromatic heterocycles. The number of anilines is 2. The molecule has 1 heterocycles. The van der Waals surface area contributed by atoms with Gasteiger partial charge in [0.25, 0.3) is 0 Å². The fourth-order valence-electron chi connectivity index (χ4n) is 3.28. The zero-order chi connectivity index (χ0) is 19.9. The predicted molar refractivity (Wildman–Crippen MR) is 112 cm³/mol. The predicted octanol–water partition coefficient (Wildman–Crippen LogP) is 3.16. The molecule has 1 amide bonds. The summed E-state index contributed by atoms with van der Waals surface area (Å²) in [5, 5.41) is 2.98. The lowest BCUT2D eigenvalue weighted by molar-refractivity contribution is -0.117. The topological polar surface area (TPSA) is 54.0 Å². The van der Waals surface area contributed by atoms with Gasteiger partial charge in [-0.2, -0.15) is 0 Å². The van der Waals surface area contributed by atoms with E-state index in [4.69, 9.17) is 9.47 Å². The summed E-state index contributed by atoms with van der Waals surface area (Å²) in [5.74, 6) is 0.804. The normalized spacial score (nSPS) is 15.4. The summed E-state index contributed by atoms with van der Waals surface area (Å²) in [6.45, 7) is 5.73. The molecule has 0 saturated carbocycles. The van der Waals surface area contributed by atoms with Crippen LogP contribution in [-0.2, 0) is 9.53 Å². The molecule has 28 heavy (non-hydrogen) atoms. The summed E-state index contributed by atoms with van der Waals surface area (Å²) in [6.07, 6.45) is 0. The Bertz CT molecular complexity index is 756. The van der Waals surface area contributed by atoms with Crippen LogP contribution < -0.4 is 15.0 Å². The molecule has 2 aromatic carbocycles. The Labute approximate surface area is 167 Å². The fraction of sp³-hybridized carbons (Fsp3) is 0.409. The van der Waals surface area contributed by atoms with E-state index in [9.17, 15) is 4.79 Å². The summed E-state index contributed by atoms with van der Waals surface area (Å²) in [4.78, 5) is 16.8. The van der Waals surface area contributed by atoms with Crippen LogP contribution in [0.2, 0.25) is 0 Å². The minimum atomic E-state index is -0.0259. The molecular weight excluding hydrogens is 354 g/mol. The van der Waals surface area contributed by atoms with Crippen molar-refractivity contribution in [2.75, 3.05) is 57.2 Å². The molecule has 150 valence electrons. The summed E-state index contributed by atoms with van der Waals surface area (Å²) in [7, 11) is 3.61. The van der Waals surface area contributed by atoms with Crippen LogP contribution in [0.3, 0.4) is 0 Å². The number of benzene rings is 2. The number of morpholine rings is 1. The van der Waals surface area contributed by atoms with Crippen LogP contribution >= 0.6 is 0 Å². The minimum absolute atomic E-state index is 0.0259. The number of ether oxygens (including phenoxy) is 2. The summed E-state index contributed by atoms with van der Waals surface area (Å²) in [6, 6.07) is 16.1.